The van der Waals surface area contributed by atoms with E-state index in [4.69, 9.17) is 0 Å². The number of carbonyl (C=O) groups excluding carboxylic acids is 4. The van der Waals surface area contributed by atoms with Crippen molar-refractivity contribution in [3.05, 3.63) is 113 Å². The van der Waals surface area contributed by atoms with E-state index >= 15 is 8.78 Å². The molecule has 5 aliphatic rings. The van der Waals surface area contributed by atoms with E-state index in [1.54, 1.807) is 17.2 Å². The van der Waals surface area contributed by atoms with Crippen LogP contribution in [0.2, 0.25) is 0 Å². The Kier molecular flexibility index (Phi) is 11.7. The van der Waals surface area contributed by atoms with E-state index in [1.165, 1.54) is 11.8 Å². The Labute approximate surface area is 379 Å². The number of nitrogens with one attached hydrogen (secondary N) is 3. The Bertz CT molecular complexity index is 2860. The van der Waals surface area contributed by atoms with Crippen LogP contribution in [0.3, 0.4) is 0 Å². The van der Waals surface area contributed by atoms with E-state index in [9.17, 15) is 32.0 Å². The SMILES string of the molecule is O=C1CCC(N2Cc3ccc(C4CCN(CC5CCN(c6ccc(-c7cnc8[nH]cc(C(=O)c9c(F)ccc(NS(=O)(=O)N%10CC[C@@H](F)C%10)c9F)c8c7)cc6)CC5)CC4)cc3C2=O)C(=O)N1. The second kappa shape index (κ2) is 17.6. The number of aromatic amines is 1. The van der Waals surface area contributed by atoms with Crippen LogP contribution in [0.5, 0.6) is 0 Å². The first-order valence-electron chi connectivity index (χ1n) is 22.6. The summed E-state index contributed by atoms with van der Waals surface area (Å²) in [6.07, 6.45) is 6.37. The molecule has 7 heterocycles. The smallest absolute Gasteiger partial charge is 0.301 e. The zero-order chi connectivity index (χ0) is 45.9. The summed E-state index contributed by atoms with van der Waals surface area (Å²) in [5, 5.41) is 2.71. The number of benzene rings is 3. The predicted molar refractivity (Wildman–Crippen MR) is 241 cm³/mol. The minimum atomic E-state index is -4.35. The monoisotopic (exact) mass is 922 g/mol. The van der Waals surface area contributed by atoms with Crippen LogP contribution < -0.4 is 14.9 Å². The molecule has 0 bridgehead atoms. The quantitative estimate of drug-likeness (QED) is 0.102. The van der Waals surface area contributed by atoms with Crippen LogP contribution in [0.25, 0.3) is 22.2 Å². The van der Waals surface area contributed by atoms with Crippen molar-refractivity contribution in [1.29, 1.82) is 0 Å². The van der Waals surface area contributed by atoms with Gasteiger partial charge in [0.2, 0.25) is 17.6 Å². The van der Waals surface area contributed by atoms with Crippen LogP contribution in [0.1, 0.15) is 88.3 Å². The molecule has 5 aromatic rings. The molecular formula is C48H49F3N8O6S. The number of pyridine rings is 1. The molecule has 66 heavy (non-hydrogen) atoms. The van der Waals surface area contributed by atoms with Crippen LogP contribution in [-0.4, -0.2) is 114 Å². The number of aromatic nitrogens is 2. The fourth-order valence-corrected chi connectivity index (χ4v) is 11.6. The van der Waals surface area contributed by atoms with Crippen molar-refractivity contribution in [3.8, 4) is 11.1 Å². The molecule has 4 fully saturated rings. The molecule has 10 rings (SSSR count). The Morgan fingerprint density at radius 3 is 2.36 bits per heavy atom. The fourth-order valence-electron chi connectivity index (χ4n) is 10.3. The van der Waals surface area contributed by atoms with Gasteiger partial charge in [-0.15, -0.1) is 0 Å². The van der Waals surface area contributed by atoms with Crippen molar-refractivity contribution >= 4 is 56.1 Å². The average molecular weight is 923 g/mol. The van der Waals surface area contributed by atoms with Gasteiger partial charge < -0.3 is 19.7 Å². The van der Waals surface area contributed by atoms with Crippen molar-refractivity contribution in [2.24, 2.45) is 5.92 Å². The molecule has 1 unspecified atom stereocenters. The Morgan fingerprint density at radius 2 is 1.64 bits per heavy atom. The zero-order valence-electron chi connectivity index (χ0n) is 36.1. The third-order valence-corrected chi connectivity index (χ3v) is 15.6. The van der Waals surface area contributed by atoms with Crippen molar-refractivity contribution in [3.63, 3.8) is 0 Å². The molecule has 0 radical (unpaired) electrons. The van der Waals surface area contributed by atoms with Crippen molar-refractivity contribution in [2.45, 2.75) is 69.6 Å². The largest absolute Gasteiger partial charge is 0.372 e. The molecule has 2 aromatic heterocycles. The summed E-state index contributed by atoms with van der Waals surface area (Å²) in [7, 11) is -4.35. The summed E-state index contributed by atoms with van der Waals surface area (Å²) < 4.78 is 73.1. The maximum absolute atomic E-state index is 15.8. The summed E-state index contributed by atoms with van der Waals surface area (Å²) in [5.41, 5.74) is 4.10. The first kappa shape index (κ1) is 43.8. The Morgan fingerprint density at radius 1 is 0.864 bits per heavy atom. The number of fused-ring (bicyclic) bond motifs is 2. The minimum absolute atomic E-state index is 0.00431. The zero-order valence-corrected chi connectivity index (χ0v) is 36.9. The third-order valence-electron chi connectivity index (χ3n) is 14.1. The number of ketones is 1. The average Bonchev–Trinajstić information content (AvgIpc) is 4.05. The second-order valence-corrected chi connectivity index (χ2v) is 19.8. The Hall–Kier alpha value is -6.11. The fraction of sp³-hybridized carbons (Fsp3) is 0.396. The van der Waals surface area contributed by atoms with Gasteiger partial charge in [-0.2, -0.15) is 12.7 Å². The van der Waals surface area contributed by atoms with Crippen LogP contribution >= 0.6 is 0 Å². The number of hydrogen-bond acceptors (Lipinski definition) is 9. The maximum Gasteiger partial charge on any atom is 0.301 e. The van der Waals surface area contributed by atoms with Gasteiger partial charge in [0.1, 0.15) is 23.7 Å². The molecule has 0 spiro atoms. The molecule has 5 aliphatic heterocycles. The predicted octanol–water partition coefficient (Wildman–Crippen LogP) is 6.30. The van der Waals surface area contributed by atoms with E-state index in [-0.39, 0.29) is 43.3 Å². The summed E-state index contributed by atoms with van der Waals surface area (Å²) in [5.74, 6) is -3.43. The van der Waals surface area contributed by atoms with E-state index in [0.29, 0.717) is 47.0 Å². The van der Waals surface area contributed by atoms with E-state index in [2.05, 4.69) is 43.3 Å². The second-order valence-electron chi connectivity index (χ2n) is 18.2. The number of nitrogens with zero attached hydrogens (tertiary/aromatic N) is 5. The van der Waals surface area contributed by atoms with Crippen LogP contribution in [0.15, 0.2) is 73.1 Å². The molecule has 3 amide bonds. The molecule has 344 valence electrons. The highest BCUT2D eigenvalue weighted by atomic mass is 32.2. The molecular weight excluding hydrogens is 874 g/mol. The van der Waals surface area contributed by atoms with Crippen molar-refractivity contribution < 1.29 is 40.8 Å². The van der Waals surface area contributed by atoms with E-state index < -0.39 is 57.0 Å². The number of piperidine rings is 3. The summed E-state index contributed by atoms with van der Waals surface area (Å²) in [6.45, 7) is 4.79. The number of rotatable bonds is 11. The highest BCUT2D eigenvalue weighted by Gasteiger charge is 2.40. The van der Waals surface area contributed by atoms with Gasteiger partial charge in [0.05, 0.1) is 11.3 Å². The lowest BCUT2D eigenvalue weighted by atomic mass is 9.87. The van der Waals surface area contributed by atoms with Crippen LogP contribution in [0.4, 0.5) is 24.5 Å². The van der Waals surface area contributed by atoms with Crippen molar-refractivity contribution in [2.75, 3.05) is 55.4 Å². The highest BCUT2D eigenvalue weighted by molar-refractivity contribution is 7.90. The molecule has 3 N–H and O–H groups in total. The normalized spacial score (nSPS) is 21.5. The van der Waals surface area contributed by atoms with Gasteiger partial charge in [0.15, 0.2) is 5.82 Å². The first-order valence-corrected chi connectivity index (χ1v) is 24.0. The molecule has 18 heteroatoms. The lowest BCUT2D eigenvalue weighted by molar-refractivity contribution is -0.136. The number of H-pyrrole nitrogens is 1. The lowest BCUT2D eigenvalue weighted by Crippen LogP contribution is -2.52. The van der Waals surface area contributed by atoms with Gasteiger partial charge in [-0.3, -0.25) is 29.2 Å². The number of hydrogen-bond donors (Lipinski definition) is 3. The van der Waals surface area contributed by atoms with Crippen LogP contribution in [-0.2, 0) is 26.3 Å². The number of likely N-dealkylation sites (tertiary alicyclic amines) is 1. The number of alkyl halides is 1. The number of imide groups is 1. The first-order chi connectivity index (χ1) is 31.8. The summed E-state index contributed by atoms with van der Waals surface area (Å²) >= 11 is 0. The molecule has 0 aliphatic carbocycles. The van der Waals surface area contributed by atoms with E-state index in [1.807, 2.05) is 29.0 Å². The number of halogens is 3. The topological polar surface area (TPSA) is 168 Å². The lowest BCUT2D eigenvalue weighted by Gasteiger charge is -2.38. The molecule has 2 atom stereocenters. The van der Waals surface area contributed by atoms with E-state index in [0.717, 1.165) is 91.7 Å². The van der Waals surface area contributed by atoms with Crippen LogP contribution in [0, 0.1) is 17.6 Å². The minimum Gasteiger partial charge on any atom is -0.372 e. The molecule has 0 saturated carbocycles. The molecule has 4 saturated heterocycles. The number of amides is 3. The number of carbonyl (C=O) groups is 4. The summed E-state index contributed by atoms with van der Waals surface area (Å²) in [4.78, 5) is 65.2. The van der Waals surface area contributed by atoms with Gasteiger partial charge in [-0.05, 0) is 117 Å². The van der Waals surface area contributed by atoms with Crippen molar-refractivity contribution in [1.82, 2.24) is 29.4 Å². The Balaban J connectivity index is 0.730. The standard InChI is InChI=1S/C48H49F3N8O6S/c49-34-15-20-58(27-34)66(64,65)55-40-8-7-39(50)43(44(40)51)45(61)38-24-53-46-37(38)22-33(23-52-46)29-3-5-35(6-4-29)57-18-11-28(12-19-57)25-56-16-13-30(14-17-56)31-1-2-32-26-59(48(63)36(32)21-31)41-9-10-42(60)54-47(41)62/h1-8,21-24,28,30,34,41,55H,9-20,25-27H2,(H,52,53)(H,54,60,62)/t34-,41?/m1/s1. The number of anilines is 2. The third kappa shape index (κ3) is 8.45. The van der Waals surface area contributed by atoms with Gasteiger partial charge in [-0.1, -0.05) is 24.3 Å². The van der Waals surface area contributed by atoms with Gasteiger partial charge in [0.25, 0.3) is 5.91 Å². The molecule has 14 nitrogen and oxygen atoms in total. The maximum atomic E-state index is 15.8. The summed E-state index contributed by atoms with van der Waals surface area (Å²) in [6, 6.07) is 17.1. The van der Waals surface area contributed by atoms with Gasteiger partial charge >= 0.3 is 10.2 Å². The highest BCUT2D eigenvalue weighted by Crippen LogP contribution is 2.36. The van der Waals surface area contributed by atoms with Gasteiger partial charge in [-0.25, -0.2) is 18.2 Å². The molecule has 3 aromatic carbocycles. The van der Waals surface area contributed by atoms with Gasteiger partial charge in [0, 0.05) is 85.8 Å².